The zero-order valence-electron chi connectivity index (χ0n) is 9.25. The molecule has 0 spiro atoms. The van der Waals surface area contributed by atoms with Crippen LogP contribution in [-0.4, -0.2) is 32.1 Å². The Morgan fingerprint density at radius 1 is 1.20 bits per heavy atom. The van der Waals surface area contributed by atoms with Gasteiger partial charge in [-0.15, -0.1) is 0 Å². The molecule has 0 aromatic heterocycles. The number of rotatable bonds is 8. The first-order valence-electron chi connectivity index (χ1n) is 5.24. The van der Waals surface area contributed by atoms with Gasteiger partial charge in [0.2, 0.25) is 5.91 Å². The van der Waals surface area contributed by atoms with Crippen LogP contribution in [0.15, 0.2) is 0 Å². The lowest BCUT2D eigenvalue weighted by atomic mass is 10.1. The molecule has 0 bridgehead atoms. The number of hydrogen-bond acceptors (Lipinski definition) is 4. The lowest BCUT2D eigenvalue weighted by Crippen LogP contribution is -2.30. The minimum Gasteiger partial charge on any atom is -0.469 e. The third-order valence-corrected chi connectivity index (χ3v) is 2.04. The van der Waals surface area contributed by atoms with E-state index in [2.05, 4.69) is 10.1 Å². The summed E-state index contributed by atoms with van der Waals surface area (Å²) in [6.45, 7) is 0.705. The first kappa shape index (κ1) is 13.9. The van der Waals surface area contributed by atoms with Crippen LogP contribution in [0, 0.1) is 0 Å². The maximum Gasteiger partial charge on any atom is 0.305 e. The number of methoxy groups -OCH3 is 1. The van der Waals surface area contributed by atoms with Gasteiger partial charge in [0.05, 0.1) is 13.7 Å². The van der Waals surface area contributed by atoms with Crippen LogP contribution in [0.3, 0.4) is 0 Å². The highest BCUT2D eigenvalue weighted by atomic mass is 16.5. The van der Waals surface area contributed by atoms with Crippen molar-refractivity contribution in [1.82, 2.24) is 5.32 Å². The standard InChI is InChI=1S/C10H20N2O3/c1-15-10(14)6-4-2-3-5-7-12-9(13)8-11/h2-8,11H2,1H3,(H,12,13). The number of esters is 1. The van der Waals surface area contributed by atoms with Crippen molar-refractivity contribution < 1.29 is 14.3 Å². The van der Waals surface area contributed by atoms with Gasteiger partial charge in [-0.2, -0.15) is 0 Å². The first-order chi connectivity index (χ1) is 7.20. The SMILES string of the molecule is COC(=O)CCCCCCNC(=O)CN. The van der Waals surface area contributed by atoms with Gasteiger partial charge in [-0.05, 0) is 12.8 Å². The lowest BCUT2D eigenvalue weighted by molar-refractivity contribution is -0.140. The summed E-state index contributed by atoms with van der Waals surface area (Å²) in [6.07, 6.45) is 4.23. The Balaban J connectivity index is 3.11. The highest BCUT2D eigenvalue weighted by molar-refractivity contribution is 5.77. The van der Waals surface area contributed by atoms with Crippen LogP contribution in [0.25, 0.3) is 0 Å². The van der Waals surface area contributed by atoms with Crippen LogP contribution in [0.2, 0.25) is 0 Å². The zero-order chi connectivity index (χ0) is 11.5. The summed E-state index contributed by atoms with van der Waals surface area (Å²) in [7, 11) is 1.39. The number of ether oxygens (including phenoxy) is 1. The summed E-state index contributed by atoms with van der Waals surface area (Å²) < 4.78 is 4.51. The molecule has 0 aromatic rings. The molecule has 0 saturated heterocycles. The van der Waals surface area contributed by atoms with Crippen molar-refractivity contribution >= 4 is 11.9 Å². The maximum atomic E-state index is 10.7. The normalized spacial score (nSPS) is 9.73. The number of nitrogens with one attached hydrogen (secondary N) is 1. The van der Waals surface area contributed by atoms with Crippen molar-refractivity contribution in [3.8, 4) is 0 Å². The molecule has 0 rings (SSSR count). The Kier molecular flexibility index (Phi) is 8.76. The Morgan fingerprint density at radius 2 is 1.87 bits per heavy atom. The van der Waals surface area contributed by atoms with E-state index in [1.165, 1.54) is 7.11 Å². The topological polar surface area (TPSA) is 81.4 Å². The van der Waals surface area contributed by atoms with Gasteiger partial charge in [-0.3, -0.25) is 9.59 Å². The second-order valence-corrected chi connectivity index (χ2v) is 3.29. The molecule has 0 radical (unpaired) electrons. The van der Waals surface area contributed by atoms with Crippen molar-refractivity contribution in [1.29, 1.82) is 0 Å². The molecule has 0 aliphatic rings. The van der Waals surface area contributed by atoms with Gasteiger partial charge < -0.3 is 15.8 Å². The Morgan fingerprint density at radius 3 is 2.47 bits per heavy atom. The summed E-state index contributed by atoms with van der Waals surface area (Å²) in [5.41, 5.74) is 5.12. The van der Waals surface area contributed by atoms with E-state index in [-0.39, 0.29) is 18.4 Å². The van der Waals surface area contributed by atoms with Crippen LogP contribution < -0.4 is 11.1 Å². The largest absolute Gasteiger partial charge is 0.469 e. The molecule has 0 atom stereocenters. The number of nitrogens with two attached hydrogens (primary N) is 1. The molecule has 0 aliphatic heterocycles. The van der Waals surface area contributed by atoms with Crippen LogP contribution in [-0.2, 0) is 14.3 Å². The molecule has 0 aliphatic carbocycles. The molecule has 0 heterocycles. The van der Waals surface area contributed by atoms with Crippen LogP contribution in [0.5, 0.6) is 0 Å². The maximum absolute atomic E-state index is 10.7. The van der Waals surface area contributed by atoms with E-state index in [9.17, 15) is 9.59 Å². The summed E-state index contributed by atoms with van der Waals surface area (Å²) in [4.78, 5) is 21.5. The molecular weight excluding hydrogens is 196 g/mol. The number of carbonyl (C=O) groups is 2. The molecule has 1 amide bonds. The molecule has 0 fully saturated rings. The summed E-state index contributed by atoms with van der Waals surface area (Å²) in [5.74, 6) is -0.281. The number of unbranched alkanes of at least 4 members (excludes halogenated alkanes) is 3. The monoisotopic (exact) mass is 216 g/mol. The quantitative estimate of drug-likeness (QED) is 0.448. The number of carbonyl (C=O) groups excluding carboxylic acids is 2. The van der Waals surface area contributed by atoms with E-state index in [0.717, 1.165) is 25.7 Å². The van der Waals surface area contributed by atoms with Gasteiger partial charge in [-0.25, -0.2) is 0 Å². The molecule has 0 unspecified atom stereocenters. The van der Waals surface area contributed by atoms with Crippen molar-refractivity contribution in [3.05, 3.63) is 0 Å². The summed E-state index contributed by atoms with van der Waals surface area (Å²) >= 11 is 0. The molecular formula is C10H20N2O3. The zero-order valence-corrected chi connectivity index (χ0v) is 9.25. The third-order valence-electron chi connectivity index (χ3n) is 2.04. The fourth-order valence-electron chi connectivity index (χ4n) is 1.15. The summed E-state index contributed by atoms with van der Waals surface area (Å²) in [5, 5.41) is 2.69. The van der Waals surface area contributed by atoms with Crippen LogP contribution in [0.4, 0.5) is 0 Å². The van der Waals surface area contributed by atoms with Gasteiger partial charge in [0.1, 0.15) is 0 Å². The average Bonchev–Trinajstić information content (AvgIpc) is 2.26. The fraction of sp³-hybridized carbons (Fsp3) is 0.800. The molecule has 5 heteroatoms. The predicted octanol–water partition coefficient (Wildman–Crippen LogP) is 0.185. The first-order valence-corrected chi connectivity index (χ1v) is 5.24. The molecule has 88 valence electrons. The van der Waals surface area contributed by atoms with Crippen molar-refractivity contribution in [2.75, 3.05) is 20.2 Å². The fourth-order valence-corrected chi connectivity index (χ4v) is 1.15. The van der Waals surface area contributed by atoms with E-state index in [0.29, 0.717) is 13.0 Å². The van der Waals surface area contributed by atoms with Crippen LogP contribution >= 0.6 is 0 Å². The molecule has 5 nitrogen and oxygen atoms in total. The Labute approximate surface area is 90.4 Å². The van der Waals surface area contributed by atoms with Crippen molar-refractivity contribution in [3.63, 3.8) is 0 Å². The molecule has 15 heavy (non-hydrogen) atoms. The number of hydrogen-bond donors (Lipinski definition) is 2. The average molecular weight is 216 g/mol. The van der Waals surface area contributed by atoms with Gasteiger partial charge >= 0.3 is 5.97 Å². The van der Waals surface area contributed by atoms with E-state index >= 15 is 0 Å². The smallest absolute Gasteiger partial charge is 0.305 e. The van der Waals surface area contributed by atoms with Gasteiger partial charge in [0, 0.05) is 13.0 Å². The number of amides is 1. The van der Waals surface area contributed by atoms with Gasteiger partial charge in [0.25, 0.3) is 0 Å². The third kappa shape index (κ3) is 9.21. The lowest BCUT2D eigenvalue weighted by Gasteiger charge is -2.03. The van der Waals surface area contributed by atoms with Crippen molar-refractivity contribution in [2.24, 2.45) is 5.73 Å². The second kappa shape index (κ2) is 9.45. The Bertz CT molecular complexity index is 175. The van der Waals surface area contributed by atoms with Crippen LogP contribution in [0.1, 0.15) is 32.1 Å². The molecule has 0 saturated carbocycles. The molecule has 3 N–H and O–H groups in total. The van der Waals surface area contributed by atoms with E-state index in [1.54, 1.807) is 0 Å². The summed E-state index contributed by atoms with van der Waals surface area (Å²) in [6, 6.07) is 0. The van der Waals surface area contributed by atoms with E-state index in [1.807, 2.05) is 0 Å². The Hall–Kier alpha value is -1.10. The minimum absolute atomic E-state index is 0.0440. The highest BCUT2D eigenvalue weighted by Gasteiger charge is 1.99. The van der Waals surface area contributed by atoms with Gasteiger partial charge in [0.15, 0.2) is 0 Å². The highest BCUT2D eigenvalue weighted by Crippen LogP contribution is 2.02. The van der Waals surface area contributed by atoms with Gasteiger partial charge in [-0.1, -0.05) is 12.8 Å². The molecule has 0 aromatic carbocycles. The van der Waals surface area contributed by atoms with E-state index < -0.39 is 0 Å². The predicted molar refractivity (Wildman–Crippen MR) is 57.2 cm³/mol. The minimum atomic E-state index is -0.161. The second-order valence-electron chi connectivity index (χ2n) is 3.29. The van der Waals surface area contributed by atoms with E-state index in [4.69, 9.17) is 5.73 Å². The van der Waals surface area contributed by atoms with Crippen molar-refractivity contribution in [2.45, 2.75) is 32.1 Å².